The number of carbonyl (C=O) groups is 1. The summed E-state index contributed by atoms with van der Waals surface area (Å²) in [6.45, 7) is 4.59. The lowest BCUT2D eigenvalue weighted by molar-refractivity contribution is 0.0938. The summed E-state index contributed by atoms with van der Waals surface area (Å²) in [6, 6.07) is 7.42. The maximum atomic E-state index is 11.9. The molecule has 0 saturated carbocycles. The van der Waals surface area contributed by atoms with Crippen molar-refractivity contribution in [2.45, 2.75) is 32.7 Å². The van der Waals surface area contributed by atoms with Crippen molar-refractivity contribution in [1.29, 1.82) is 0 Å². The van der Waals surface area contributed by atoms with E-state index in [1.807, 2.05) is 26.0 Å². The first-order chi connectivity index (χ1) is 8.67. The predicted molar refractivity (Wildman–Crippen MR) is 77.6 cm³/mol. The Morgan fingerprint density at radius 2 is 2.06 bits per heavy atom. The number of halogens is 1. The van der Waals surface area contributed by atoms with Gasteiger partial charge in [0.05, 0.1) is 6.61 Å². The zero-order chi connectivity index (χ0) is 13.4. The molecular weight excluding hydrogens is 294 g/mol. The second-order valence-electron chi connectivity index (χ2n) is 4.16. The summed E-state index contributed by atoms with van der Waals surface area (Å²) in [5, 5.41) is 3.95. The molecule has 1 atom stereocenters. The normalized spacial score (nSPS) is 11.9. The van der Waals surface area contributed by atoms with Gasteiger partial charge in [0.2, 0.25) is 0 Å². The summed E-state index contributed by atoms with van der Waals surface area (Å²) in [5.74, 6) is 0.765. The molecule has 1 amide bonds. The minimum atomic E-state index is -0.0277. The van der Waals surface area contributed by atoms with Gasteiger partial charge in [0.25, 0.3) is 5.91 Å². The molecule has 0 spiro atoms. The lowest BCUT2D eigenvalue weighted by Crippen LogP contribution is -2.32. The number of amides is 1. The summed E-state index contributed by atoms with van der Waals surface area (Å²) in [6.07, 6.45) is 2.04. The Morgan fingerprint density at radius 3 is 2.61 bits per heavy atom. The minimum Gasteiger partial charge on any atom is -0.494 e. The van der Waals surface area contributed by atoms with Crippen LogP contribution in [-0.2, 0) is 0 Å². The SMILES string of the molecule is CCOc1ccc(C(=O)NC(C)CCCBr)cc1. The molecule has 0 aliphatic rings. The van der Waals surface area contributed by atoms with E-state index in [1.165, 1.54) is 0 Å². The maximum Gasteiger partial charge on any atom is 0.251 e. The van der Waals surface area contributed by atoms with Gasteiger partial charge in [-0.2, -0.15) is 0 Å². The van der Waals surface area contributed by atoms with Gasteiger partial charge in [0.1, 0.15) is 5.75 Å². The molecule has 0 fully saturated rings. The quantitative estimate of drug-likeness (QED) is 0.784. The molecular formula is C14H20BrNO2. The number of alkyl halides is 1. The van der Waals surface area contributed by atoms with Crippen molar-refractivity contribution in [3.05, 3.63) is 29.8 Å². The van der Waals surface area contributed by atoms with Gasteiger partial charge in [-0.05, 0) is 51.0 Å². The molecule has 18 heavy (non-hydrogen) atoms. The predicted octanol–water partition coefficient (Wildman–Crippen LogP) is 3.38. The first-order valence-corrected chi connectivity index (χ1v) is 7.39. The van der Waals surface area contributed by atoms with E-state index >= 15 is 0 Å². The number of rotatable bonds is 7. The fourth-order valence-corrected chi connectivity index (χ4v) is 1.96. The second kappa shape index (κ2) is 8.14. The summed E-state index contributed by atoms with van der Waals surface area (Å²) >= 11 is 3.39. The van der Waals surface area contributed by atoms with Crippen molar-refractivity contribution >= 4 is 21.8 Å². The average Bonchev–Trinajstić information content (AvgIpc) is 2.37. The van der Waals surface area contributed by atoms with Crippen LogP contribution in [0.15, 0.2) is 24.3 Å². The van der Waals surface area contributed by atoms with Gasteiger partial charge in [-0.15, -0.1) is 0 Å². The molecule has 4 heteroatoms. The first kappa shape index (κ1) is 15.0. The molecule has 0 aromatic heterocycles. The number of ether oxygens (including phenoxy) is 1. The third-order valence-electron chi connectivity index (χ3n) is 2.58. The maximum absolute atomic E-state index is 11.9. The molecule has 0 radical (unpaired) electrons. The van der Waals surface area contributed by atoms with E-state index in [-0.39, 0.29) is 11.9 Å². The second-order valence-corrected chi connectivity index (χ2v) is 4.96. The molecule has 1 N–H and O–H groups in total. The van der Waals surface area contributed by atoms with Gasteiger partial charge in [-0.1, -0.05) is 15.9 Å². The topological polar surface area (TPSA) is 38.3 Å². The minimum absolute atomic E-state index is 0.0277. The smallest absolute Gasteiger partial charge is 0.251 e. The van der Waals surface area contributed by atoms with Crippen molar-refractivity contribution < 1.29 is 9.53 Å². The van der Waals surface area contributed by atoms with Gasteiger partial charge in [-0.3, -0.25) is 4.79 Å². The highest BCUT2D eigenvalue weighted by Crippen LogP contribution is 2.12. The number of nitrogens with one attached hydrogen (secondary N) is 1. The number of benzene rings is 1. The molecule has 1 unspecified atom stereocenters. The highest BCUT2D eigenvalue weighted by Gasteiger charge is 2.09. The molecule has 3 nitrogen and oxygen atoms in total. The van der Waals surface area contributed by atoms with Gasteiger partial charge < -0.3 is 10.1 Å². The Hall–Kier alpha value is -1.03. The Labute approximate surface area is 117 Å². The standard InChI is InChI=1S/C14H20BrNO2/c1-3-18-13-8-6-12(7-9-13)14(17)16-11(2)5-4-10-15/h6-9,11H,3-5,10H2,1-2H3,(H,16,17). The van der Waals surface area contributed by atoms with Crippen LogP contribution in [-0.4, -0.2) is 23.9 Å². The van der Waals surface area contributed by atoms with Crippen LogP contribution in [0.4, 0.5) is 0 Å². The van der Waals surface area contributed by atoms with E-state index in [0.717, 1.165) is 23.9 Å². The van der Waals surface area contributed by atoms with Crippen LogP contribution in [0.1, 0.15) is 37.0 Å². The monoisotopic (exact) mass is 313 g/mol. The molecule has 0 bridgehead atoms. The van der Waals surface area contributed by atoms with Crippen molar-refractivity contribution in [1.82, 2.24) is 5.32 Å². The van der Waals surface area contributed by atoms with Crippen molar-refractivity contribution in [2.75, 3.05) is 11.9 Å². The Balaban J connectivity index is 2.50. The van der Waals surface area contributed by atoms with Gasteiger partial charge in [0.15, 0.2) is 0 Å². The number of hydrogen-bond donors (Lipinski definition) is 1. The summed E-state index contributed by atoms with van der Waals surface area (Å²) in [4.78, 5) is 11.9. The molecule has 0 heterocycles. The lowest BCUT2D eigenvalue weighted by Gasteiger charge is -2.13. The Morgan fingerprint density at radius 1 is 1.39 bits per heavy atom. The highest BCUT2D eigenvalue weighted by atomic mass is 79.9. The molecule has 1 rings (SSSR count). The molecule has 0 saturated heterocycles. The Bertz CT molecular complexity index is 365. The molecule has 0 aliphatic heterocycles. The molecule has 100 valence electrons. The number of carbonyl (C=O) groups excluding carboxylic acids is 1. The van der Waals surface area contributed by atoms with Crippen molar-refractivity contribution in [3.8, 4) is 5.75 Å². The molecule has 1 aromatic carbocycles. The summed E-state index contributed by atoms with van der Waals surface area (Å²) in [7, 11) is 0. The highest BCUT2D eigenvalue weighted by molar-refractivity contribution is 9.09. The van der Waals surface area contributed by atoms with E-state index in [0.29, 0.717) is 12.2 Å². The van der Waals surface area contributed by atoms with Crippen molar-refractivity contribution in [2.24, 2.45) is 0 Å². The van der Waals surface area contributed by atoms with Gasteiger partial charge in [-0.25, -0.2) is 0 Å². The van der Waals surface area contributed by atoms with Crippen LogP contribution in [0.3, 0.4) is 0 Å². The largest absolute Gasteiger partial charge is 0.494 e. The fraction of sp³-hybridized carbons (Fsp3) is 0.500. The van der Waals surface area contributed by atoms with Crippen LogP contribution in [0.25, 0.3) is 0 Å². The molecule has 0 aliphatic carbocycles. The van der Waals surface area contributed by atoms with Gasteiger partial charge in [0, 0.05) is 16.9 Å². The van der Waals surface area contributed by atoms with E-state index < -0.39 is 0 Å². The van der Waals surface area contributed by atoms with Crippen molar-refractivity contribution in [3.63, 3.8) is 0 Å². The van der Waals surface area contributed by atoms with Crippen LogP contribution >= 0.6 is 15.9 Å². The zero-order valence-corrected chi connectivity index (χ0v) is 12.5. The number of hydrogen-bond acceptors (Lipinski definition) is 2. The van der Waals surface area contributed by atoms with Crippen LogP contribution in [0.2, 0.25) is 0 Å². The average molecular weight is 314 g/mol. The van der Waals surface area contributed by atoms with Crippen LogP contribution in [0, 0.1) is 0 Å². The van der Waals surface area contributed by atoms with Crippen LogP contribution in [0.5, 0.6) is 5.75 Å². The van der Waals surface area contributed by atoms with E-state index in [1.54, 1.807) is 12.1 Å². The third-order valence-corrected chi connectivity index (χ3v) is 3.14. The van der Waals surface area contributed by atoms with Crippen LogP contribution < -0.4 is 10.1 Å². The summed E-state index contributed by atoms with van der Waals surface area (Å²) in [5.41, 5.74) is 0.671. The summed E-state index contributed by atoms with van der Waals surface area (Å²) < 4.78 is 5.34. The van der Waals surface area contributed by atoms with Gasteiger partial charge >= 0.3 is 0 Å². The van der Waals surface area contributed by atoms with E-state index in [4.69, 9.17) is 4.74 Å². The van der Waals surface area contributed by atoms with E-state index in [2.05, 4.69) is 21.2 Å². The lowest BCUT2D eigenvalue weighted by atomic mass is 10.1. The third kappa shape index (κ3) is 5.08. The Kier molecular flexibility index (Phi) is 6.80. The molecule has 1 aromatic rings. The zero-order valence-electron chi connectivity index (χ0n) is 10.9. The first-order valence-electron chi connectivity index (χ1n) is 6.27. The fourth-order valence-electron chi connectivity index (χ4n) is 1.63. The van der Waals surface area contributed by atoms with E-state index in [9.17, 15) is 4.79 Å².